The Morgan fingerprint density at radius 1 is 1.36 bits per heavy atom. The van der Waals surface area contributed by atoms with E-state index in [1.54, 1.807) is 12.1 Å². The van der Waals surface area contributed by atoms with Gasteiger partial charge in [0.25, 0.3) is 5.91 Å². The van der Waals surface area contributed by atoms with Crippen molar-refractivity contribution in [2.24, 2.45) is 5.10 Å². The molecule has 6 heteroatoms. The van der Waals surface area contributed by atoms with Crippen LogP contribution in [0.1, 0.15) is 24.0 Å². The Kier molecular flexibility index (Phi) is 5.38. The van der Waals surface area contributed by atoms with E-state index in [-0.39, 0.29) is 12.5 Å². The summed E-state index contributed by atoms with van der Waals surface area (Å²) in [6.07, 6.45) is 0. The molecule has 2 aromatic rings. The Balaban J connectivity index is 1.89. The van der Waals surface area contributed by atoms with Gasteiger partial charge in [-0.25, -0.2) is 5.43 Å². The van der Waals surface area contributed by atoms with Gasteiger partial charge >= 0.3 is 0 Å². The molecule has 1 amide bonds. The summed E-state index contributed by atoms with van der Waals surface area (Å²) >= 11 is 3.34. The molecule has 5 nitrogen and oxygen atoms in total. The van der Waals surface area contributed by atoms with Crippen LogP contribution in [0.3, 0.4) is 0 Å². The van der Waals surface area contributed by atoms with Crippen molar-refractivity contribution < 1.29 is 13.9 Å². The molecular formula is C16H17BrN2O3. The third kappa shape index (κ3) is 4.46. The molecule has 0 aliphatic heterocycles. The molecule has 1 aromatic carbocycles. The van der Waals surface area contributed by atoms with Gasteiger partial charge in [0.2, 0.25) is 0 Å². The minimum atomic E-state index is -0.322. The standard InChI is InChI=1S/C16H17BrN2O3/c1-10-7-15(12(3)22-10)11(2)18-19-16(20)9-21-14-6-4-5-13(17)8-14/h4-8H,9H2,1-3H3,(H,19,20)/b18-11-. The predicted octanol–water partition coefficient (Wildman–Crippen LogP) is 3.58. The molecule has 0 atom stereocenters. The average Bonchev–Trinajstić information content (AvgIpc) is 2.81. The number of nitrogens with zero attached hydrogens (tertiary/aromatic N) is 1. The summed E-state index contributed by atoms with van der Waals surface area (Å²) in [4.78, 5) is 11.7. The number of nitrogens with one attached hydrogen (secondary N) is 1. The van der Waals surface area contributed by atoms with E-state index >= 15 is 0 Å². The third-order valence-electron chi connectivity index (χ3n) is 2.95. The summed E-state index contributed by atoms with van der Waals surface area (Å²) in [5.74, 6) is 1.88. The Bertz CT molecular complexity index is 707. The number of rotatable bonds is 5. The Labute approximate surface area is 137 Å². The molecule has 0 saturated carbocycles. The molecule has 0 radical (unpaired) electrons. The summed E-state index contributed by atoms with van der Waals surface area (Å²) in [6, 6.07) is 9.18. The van der Waals surface area contributed by atoms with Gasteiger partial charge < -0.3 is 9.15 Å². The van der Waals surface area contributed by atoms with Crippen LogP contribution < -0.4 is 10.2 Å². The number of benzene rings is 1. The highest BCUT2D eigenvalue weighted by molar-refractivity contribution is 9.10. The number of hydrogen-bond acceptors (Lipinski definition) is 4. The first kappa shape index (κ1) is 16.3. The zero-order valence-electron chi connectivity index (χ0n) is 12.6. The van der Waals surface area contributed by atoms with Gasteiger partial charge in [0.05, 0.1) is 5.71 Å². The minimum Gasteiger partial charge on any atom is -0.484 e. The smallest absolute Gasteiger partial charge is 0.277 e. The van der Waals surface area contributed by atoms with Crippen LogP contribution in [0.2, 0.25) is 0 Å². The molecule has 0 aliphatic rings. The van der Waals surface area contributed by atoms with E-state index in [0.29, 0.717) is 11.5 Å². The fourth-order valence-corrected chi connectivity index (χ4v) is 2.31. The Morgan fingerprint density at radius 3 is 2.77 bits per heavy atom. The van der Waals surface area contributed by atoms with E-state index in [1.165, 1.54) is 0 Å². The zero-order chi connectivity index (χ0) is 16.1. The van der Waals surface area contributed by atoms with Crippen LogP contribution in [0.5, 0.6) is 5.75 Å². The second-order valence-electron chi connectivity index (χ2n) is 4.81. The van der Waals surface area contributed by atoms with Crippen LogP contribution in [0, 0.1) is 13.8 Å². The van der Waals surface area contributed by atoms with Gasteiger partial charge in [0.15, 0.2) is 6.61 Å². The SMILES string of the molecule is C/C(=N/NC(=O)COc1cccc(Br)c1)c1cc(C)oc1C. The molecule has 0 saturated heterocycles. The number of amides is 1. The van der Waals surface area contributed by atoms with Gasteiger partial charge in [0.1, 0.15) is 17.3 Å². The van der Waals surface area contributed by atoms with Crippen LogP contribution in [0.25, 0.3) is 0 Å². The quantitative estimate of drug-likeness (QED) is 0.651. The highest BCUT2D eigenvalue weighted by atomic mass is 79.9. The normalized spacial score (nSPS) is 11.4. The first-order chi connectivity index (χ1) is 10.5. The van der Waals surface area contributed by atoms with E-state index in [4.69, 9.17) is 9.15 Å². The lowest BCUT2D eigenvalue weighted by atomic mass is 10.2. The van der Waals surface area contributed by atoms with E-state index in [1.807, 2.05) is 39.0 Å². The molecule has 0 fully saturated rings. The van der Waals surface area contributed by atoms with E-state index in [2.05, 4.69) is 26.5 Å². The fourth-order valence-electron chi connectivity index (χ4n) is 1.93. The largest absolute Gasteiger partial charge is 0.484 e. The average molecular weight is 365 g/mol. The summed E-state index contributed by atoms with van der Waals surface area (Å²) in [7, 11) is 0. The summed E-state index contributed by atoms with van der Waals surface area (Å²) < 4.78 is 11.7. The third-order valence-corrected chi connectivity index (χ3v) is 3.44. The molecule has 1 aromatic heterocycles. The highest BCUT2D eigenvalue weighted by Crippen LogP contribution is 2.17. The minimum absolute atomic E-state index is 0.101. The first-order valence-electron chi connectivity index (χ1n) is 6.74. The number of furan rings is 1. The van der Waals surface area contributed by atoms with Gasteiger partial charge in [-0.1, -0.05) is 22.0 Å². The lowest BCUT2D eigenvalue weighted by molar-refractivity contribution is -0.123. The number of hydrogen-bond donors (Lipinski definition) is 1. The van der Waals surface area contributed by atoms with E-state index in [9.17, 15) is 4.79 Å². The number of carbonyl (C=O) groups excluding carboxylic acids is 1. The van der Waals surface area contributed by atoms with Crippen molar-refractivity contribution in [1.82, 2.24) is 5.43 Å². The summed E-state index contributed by atoms with van der Waals surface area (Å²) in [6.45, 7) is 5.44. The number of halogens is 1. The molecule has 0 aliphatic carbocycles. The van der Waals surface area contributed by atoms with E-state index in [0.717, 1.165) is 21.6 Å². The van der Waals surface area contributed by atoms with Crippen LogP contribution in [0.4, 0.5) is 0 Å². The van der Waals surface area contributed by atoms with Gasteiger partial charge in [-0.05, 0) is 45.0 Å². The van der Waals surface area contributed by atoms with Crippen molar-refractivity contribution >= 4 is 27.5 Å². The van der Waals surface area contributed by atoms with E-state index < -0.39 is 0 Å². The summed E-state index contributed by atoms with van der Waals surface area (Å²) in [5.41, 5.74) is 4.04. The topological polar surface area (TPSA) is 63.8 Å². The lowest BCUT2D eigenvalue weighted by Crippen LogP contribution is -2.25. The van der Waals surface area contributed by atoms with Gasteiger partial charge in [-0.2, -0.15) is 5.10 Å². The second-order valence-corrected chi connectivity index (χ2v) is 5.72. The molecule has 22 heavy (non-hydrogen) atoms. The van der Waals surface area contributed by atoms with Crippen LogP contribution in [0.15, 0.2) is 44.3 Å². The molecule has 2 rings (SSSR count). The van der Waals surface area contributed by atoms with Crippen molar-refractivity contribution in [2.75, 3.05) is 6.61 Å². The van der Waals surface area contributed by atoms with Crippen molar-refractivity contribution in [3.8, 4) is 5.75 Å². The Morgan fingerprint density at radius 2 is 2.14 bits per heavy atom. The van der Waals surface area contributed by atoms with Gasteiger partial charge in [-0.15, -0.1) is 0 Å². The first-order valence-corrected chi connectivity index (χ1v) is 7.54. The maximum absolute atomic E-state index is 11.7. The molecular weight excluding hydrogens is 348 g/mol. The van der Waals surface area contributed by atoms with Gasteiger partial charge in [0, 0.05) is 10.0 Å². The van der Waals surface area contributed by atoms with Crippen LogP contribution in [-0.2, 0) is 4.79 Å². The van der Waals surface area contributed by atoms with Crippen molar-refractivity contribution in [1.29, 1.82) is 0 Å². The molecule has 0 unspecified atom stereocenters. The van der Waals surface area contributed by atoms with Crippen LogP contribution in [-0.4, -0.2) is 18.2 Å². The maximum atomic E-state index is 11.7. The van der Waals surface area contributed by atoms with Crippen molar-refractivity contribution in [3.05, 3.63) is 51.9 Å². The predicted molar refractivity (Wildman–Crippen MR) is 88.2 cm³/mol. The lowest BCUT2D eigenvalue weighted by Gasteiger charge is -2.05. The van der Waals surface area contributed by atoms with Crippen molar-refractivity contribution in [3.63, 3.8) is 0 Å². The summed E-state index contributed by atoms with van der Waals surface area (Å²) in [5, 5.41) is 4.07. The maximum Gasteiger partial charge on any atom is 0.277 e. The van der Waals surface area contributed by atoms with Crippen molar-refractivity contribution in [2.45, 2.75) is 20.8 Å². The molecule has 1 heterocycles. The molecule has 116 valence electrons. The number of aryl methyl sites for hydroxylation is 2. The number of carbonyl (C=O) groups is 1. The van der Waals surface area contributed by atoms with Crippen LogP contribution >= 0.6 is 15.9 Å². The number of ether oxygens (including phenoxy) is 1. The fraction of sp³-hybridized carbons (Fsp3) is 0.250. The zero-order valence-corrected chi connectivity index (χ0v) is 14.2. The molecule has 0 spiro atoms. The monoisotopic (exact) mass is 364 g/mol. The number of hydrazone groups is 1. The molecule has 0 bridgehead atoms. The highest BCUT2D eigenvalue weighted by Gasteiger charge is 2.08. The Hall–Kier alpha value is -2.08. The van der Waals surface area contributed by atoms with Gasteiger partial charge in [-0.3, -0.25) is 4.79 Å². The second kappa shape index (κ2) is 7.26. The molecule has 1 N–H and O–H groups in total.